The highest BCUT2D eigenvalue weighted by molar-refractivity contribution is 5.71. The Morgan fingerprint density at radius 2 is 0.541 bits per heavy atom. The average molecular weight is 1020 g/mol. The topological polar surface area (TPSA) is 78.9 Å². The Hall–Kier alpha value is -4.97. The van der Waals surface area contributed by atoms with Gasteiger partial charge in [0.05, 0.1) is 0 Å². The Balaban J connectivity index is 4.49. The lowest BCUT2D eigenvalue weighted by atomic mass is 10.1. The van der Waals surface area contributed by atoms with Gasteiger partial charge in [-0.15, -0.1) is 0 Å². The lowest BCUT2D eigenvalue weighted by Gasteiger charge is -2.18. The van der Waals surface area contributed by atoms with Crippen molar-refractivity contribution in [3.63, 3.8) is 0 Å². The molecule has 0 radical (unpaired) electrons. The molecule has 0 spiro atoms. The third-order valence-corrected chi connectivity index (χ3v) is 11.8. The highest BCUT2D eigenvalue weighted by Gasteiger charge is 2.19. The van der Waals surface area contributed by atoms with Gasteiger partial charge in [0, 0.05) is 19.3 Å². The summed E-state index contributed by atoms with van der Waals surface area (Å²) in [6.07, 6.45) is 88.1. The third kappa shape index (κ3) is 57.9. The summed E-state index contributed by atoms with van der Waals surface area (Å²) in [7, 11) is 0. The fourth-order valence-corrected chi connectivity index (χ4v) is 7.43. The second-order valence-electron chi connectivity index (χ2n) is 18.8. The molecule has 0 saturated heterocycles. The first-order chi connectivity index (χ1) is 36.5. The van der Waals surface area contributed by atoms with Crippen LogP contribution in [0.5, 0.6) is 0 Å². The molecular weight excluding hydrogens is 913 g/mol. The Bertz CT molecular complexity index is 1690. The summed E-state index contributed by atoms with van der Waals surface area (Å²) in [5, 5.41) is 0. The van der Waals surface area contributed by atoms with Gasteiger partial charge in [-0.05, 0) is 122 Å². The molecule has 0 N–H and O–H groups in total. The van der Waals surface area contributed by atoms with Crippen molar-refractivity contribution in [3.05, 3.63) is 158 Å². The van der Waals surface area contributed by atoms with Crippen LogP contribution < -0.4 is 0 Å². The first-order valence-electron chi connectivity index (χ1n) is 29.5. The predicted octanol–water partition coefficient (Wildman–Crippen LogP) is 20.1. The average Bonchev–Trinajstić information content (AvgIpc) is 3.40. The first kappa shape index (κ1) is 69.0. The molecule has 0 heterocycles. The van der Waals surface area contributed by atoms with E-state index in [1.54, 1.807) is 0 Å². The Labute approximate surface area is 454 Å². The van der Waals surface area contributed by atoms with E-state index >= 15 is 0 Å². The van der Waals surface area contributed by atoms with Gasteiger partial charge in [-0.25, -0.2) is 0 Å². The van der Waals surface area contributed by atoms with Crippen molar-refractivity contribution in [1.82, 2.24) is 0 Å². The van der Waals surface area contributed by atoms with Gasteiger partial charge in [-0.2, -0.15) is 0 Å². The highest BCUT2D eigenvalue weighted by atomic mass is 16.6. The number of allylic oxidation sites excluding steroid dienone is 26. The predicted molar refractivity (Wildman–Crippen MR) is 320 cm³/mol. The van der Waals surface area contributed by atoms with E-state index in [2.05, 4.69) is 179 Å². The maximum absolute atomic E-state index is 12.9. The highest BCUT2D eigenvalue weighted by Crippen LogP contribution is 2.13. The molecular formula is C68H106O6. The second kappa shape index (κ2) is 60.6. The Morgan fingerprint density at radius 1 is 0.284 bits per heavy atom. The molecule has 0 aromatic rings. The van der Waals surface area contributed by atoms with E-state index in [0.717, 1.165) is 141 Å². The molecule has 0 saturated carbocycles. The summed E-state index contributed by atoms with van der Waals surface area (Å²) in [5.41, 5.74) is 0. The first-order valence-corrected chi connectivity index (χ1v) is 29.5. The van der Waals surface area contributed by atoms with Crippen molar-refractivity contribution in [3.8, 4) is 0 Å². The number of unbranched alkanes of at least 4 members (excludes halogenated alkanes) is 14. The smallest absolute Gasteiger partial charge is 0.306 e. The number of hydrogen-bond donors (Lipinski definition) is 0. The van der Waals surface area contributed by atoms with Gasteiger partial charge in [0.15, 0.2) is 6.10 Å². The minimum absolute atomic E-state index is 0.112. The van der Waals surface area contributed by atoms with E-state index in [1.807, 2.05) is 0 Å². The zero-order valence-corrected chi connectivity index (χ0v) is 47.3. The van der Waals surface area contributed by atoms with Crippen LogP contribution in [0.1, 0.15) is 233 Å². The van der Waals surface area contributed by atoms with Crippen molar-refractivity contribution >= 4 is 17.9 Å². The van der Waals surface area contributed by atoms with Gasteiger partial charge in [0.2, 0.25) is 0 Å². The Kier molecular flexibility index (Phi) is 56.5. The summed E-state index contributed by atoms with van der Waals surface area (Å²) < 4.78 is 16.8. The van der Waals surface area contributed by atoms with E-state index in [9.17, 15) is 14.4 Å². The maximum atomic E-state index is 12.9. The molecule has 414 valence electrons. The minimum Gasteiger partial charge on any atom is -0.462 e. The SMILES string of the molecule is CC/C=C\C/C=C\C/C=C\C/C=C\C/C=C\C/C=C\C/C=C\CCCC(=O)OCC(COC(=O)CCCCCCCCCCCC)OC(=O)CCCCCC/C=C\C/C=C\C/C=C\C/C=C\C/C=C\C/C=C\CC. The van der Waals surface area contributed by atoms with E-state index < -0.39 is 6.10 Å². The van der Waals surface area contributed by atoms with Crippen molar-refractivity contribution < 1.29 is 28.6 Å². The van der Waals surface area contributed by atoms with Crippen LogP contribution in [0.4, 0.5) is 0 Å². The molecule has 0 amide bonds. The van der Waals surface area contributed by atoms with Crippen molar-refractivity contribution in [2.24, 2.45) is 0 Å². The fraction of sp³-hybridized carbons (Fsp3) is 0.574. The van der Waals surface area contributed by atoms with Gasteiger partial charge < -0.3 is 14.2 Å². The molecule has 0 rings (SSSR count). The summed E-state index contributed by atoms with van der Waals surface area (Å²) in [6, 6.07) is 0. The molecule has 6 nitrogen and oxygen atoms in total. The van der Waals surface area contributed by atoms with Gasteiger partial charge in [-0.3, -0.25) is 14.4 Å². The third-order valence-electron chi connectivity index (χ3n) is 11.8. The van der Waals surface area contributed by atoms with Crippen molar-refractivity contribution in [1.29, 1.82) is 0 Å². The molecule has 0 fully saturated rings. The largest absolute Gasteiger partial charge is 0.462 e. The lowest BCUT2D eigenvalue weighted by Crippen LogP contribution is -2.30. The number of esters is 3. The van der Waals surface area contributed by atoms with Gasteiger partial charge in [-0.1, -0.05) is 249 Å². The number of ether oxygens (including phenoxy) is 3. The number of carbonyl (C=O) groups is 3. The van der Waals surface area contributed by atoms with Crippen LogP contribution in [-0.2, 0) is 28.6 Å². The number of rotatable bonds is 51. The standard InChI is InChI=1S/C68H106O6/c1-4-7-10-13-16-19-22-24-26-28-30-32-34-36-38-40-42-44-46-49-52-55-58-61-67(70)73-64-65(63-72-66(69)60-57-54-51-48-21-18-15-12-9-6-3)74-68(71)62-59-56-53-50-47-45-43-41-39-37-35-33-31-29-27-25-23-20-17-14-11-8-5-2/h7-8,10-11,16-17,19-20,24-27,30-33,36-39,42-45,49,52,65H,4-6,9,12-15,18,21-23,28-29,34-35,40-41,46-48,50-51,53-64H2,1-3H3/b10-7-,11-8-,19-16-,20-17-,26-24-,27-25-,32-30-,33-31-,38-36-,39-37-,44-42-,45-43-,52-49-. The second-order valence-corrected chi connectivity index (χ2v) is 18.8. The molecule has 1 unspecified atom stereocenters. The summed E-state index contributed by atoms with van der Waals surface area (Å²) in [4.78, 5) is 38.1. The zero-order valence-electron chi connectivity index (χ0n) is 47.3. The van der Waals surface area contributed by atoms with Crippen LogP contribution in [-0.4, -0.2) is 37.2 Å². The lowest BCUT2D eigenvalue weighted by molar-refractivity contribution is -0.167. The van der Waals surface area contributed by atoms with Crippen LogP contribution in [0.25, 0.3) is 0 Å². The minimum atomic E-state index is -0.822. The van der Waals surface area contributed by atoms with E-state index in [0.29, 0.717) is 12.8 Å². The molecule has 0 aromatic carbocycles. The van der Waals surface area contributed by atoms with Crippen LogP contribution in [0.15, 0.2) is 158 Å². The van der Waals surface area contributed by atoms with E-state index in [1.165, 1.54) is 44.9 Å². The summed E-state index contributed by atoms with van der Waals surface area (Å²) >= 11 is 0. The molecule has 0 aliphatic heterocycles. The van der Waals surface area contributed by atoms with Gasteiger partial charge in [0.25, 0.3) is 0 Å². The van der Waals surface area contributed by atoms with E-state index in [4.69, 9.17) is 14.2 Å². The van der Waals surface area contributed by atoms with Crippen LogP contribution in [0.3, 0.4) is 0 Å². The quantitative estimate of drug-likeness (QED) is 0.0261. The van der Waals surface area contributed by atoms with Gasteiger partial charge in [0.1, 0.15) is 13.2 Å². The fourth-order valence-electron chi connectivity index (χ4n) is 7.43. The molecule has 0 bridgehead atoms. The van der Waals surface area contributed by atoms with E-state index in [-0.39, 0.29) is 44.0 Å². The molecule has 6 heteroatoms. The Morgan fingerprint density at radius 3 is 0.878 bits per heavy atom. The van der Waals surface area contributed by atoms with Crippen LogP contribution in [0, 0.1) is 0 Å². The zero-order chi connectivity index (χ0) is 53.6. The number of carbonyl (C=O) groups excluding carboxylic acids is 3. The molecule has 0 aliphatic carbocycles. The molecule has 1 atom stereocenters. The van der Waals surface area contributed by atoms with Gasteiger partial charge >= 0.3 is 17.9 Å². The molecule has 0 aromatic heterocycles. The van der Waals surface area contributed by atoms with Crippen LogP contribution in [0.2, 0.25) is 0 Å². The molecule has 74 heavy (non-hydrogen) atoms. The maximum Gasteiger partial charge on any atom is 0.306 e. The van der Waals surface area contributed by atoms with Crippen molar-refractivity contribution in [2.45, 2.75) is 239 Å². The summed E-state index contributed by atoms with van der Waals surface area (Å²) in [5.74, 6) is -1.01. The monoisotopic (exact) mass is 1020 g/mol. The number of hydrogen-bond acceptors (Lipinski definition) is 6. The summed E-state index contributed by atoms with van der Waals surface area (Å²) in [6.45, 7) is 6.31. The normalized spacial score (nSPS) is 13.3. The van der Waals surface area contributed by atoms with Crippen LogP contribution >= 0.6 is 0 Å². The van der Waals surface area contributed by atoms with Crippen molar-refractivity contribution in [2.75, 3.05) is 13.2 Å². The molecule has 0 aliphatic rings.